The third-order valence-corrected chi connectivity index (χ3v) is 7.22. The maximum atomic E-state index is 13.1. The molecule has 7 heteroatoms. The number of thioether (sulfide) groups is 1. The molecule has 35 heavy (non-hydrogen) atoms. The monoisotopic (exact) mass is 523 g/mol. The number of hydrogen-bond acceptors (Lipinski definition) is 5. The predicted molar refractivity (Wildman–Crippen MR) is 148 cm³/mol. The van der Waals surface area contributed by atoms with Crippen LogP contribution in [0.1, 0.15) is 28.7 Å². The summed E-state index contributed by atoms with van der Waals surface area (Å²) in [6, 6.07) is 21.3. The van der Waals surface area contributed by atoms with Gasteiger partial charge in [0.25, 0.3) is 5.91 Å². The number of hydrogen-bond donors (Lipinski definition) is 0. The molecule has 3 aromatic rings. The Morgan fingerprint density at radius 1 is 0.971 bits per heavy atom. The number of thiocarbonyl (C=S) groups is 1. The zero-order chi connectivity index (χ0) is 24.8. The number of nitrogens with zero attached hydrogens (tertiary/aromatic N) is 1. The molecule has 4 nitrogen and oxygen atoms in total. The van der Waals surface area contributed by atoms with Crippen molar-refractivity contribution < 1.29 is 14.3 Å². The van der Waals surface area contributed by atoms with E-state index >= 15 is 0 Å². The first-order chi connectivity index (χ1) is 16.9. The van der Waals surface area contributed by atoms with E-state index in [1.807, 2.05) is 48.5 Å². The van der Waals surface area contributed by atoms with Gasteiger partial charge >= 0.3 is 0 Å². The lowest BCUT2D eigenvalue weighted by Gasteiger charge is -2.14. The number of ether oxygens (including phenoxy) is 2. The van der Waals surface area contributed by atoms with Gasteiger partial charge in [0.1, 0.15) is 15.8 Å². The van der Waals surface area contributed by atoms with E-state index < -0.39 is 0 Å². The zero-order valence-corrected chi connectivity index (χ0v) is 22.0. The van der Waals surface area contributed by atoms with Crippen molar-refractivity contribution in [2.24, 2.45) is 0 Å². The molecule has 0 bridgehead atoms. The lowest BCUT2D eigenvalue weighted by molar-refractivity contribution is -0.122. The second kappa shape index (κ2) is 11.8. The second-order valence-electron chi connectivity index (χ2n) is 8.23. The molecule has 3 aromatic carbocycles. The number of carbonyl (C=O) groups is 1. The summed E-state index contributed by atoms with van der Waals surface area (Å²) in [6.45, 7) is 5.62. The van der Waals surface area contributed by atoms with E-state index in [2.05, 4.69) is 19.9 Å². The Labute approximate surface area is 220 Å². The second-order valence-corrected chi connectivity index (χ2v) is 10.3. The van der Waals surface area contributed by atoms with Crippen LogP contribution in [-0.4, -0.2) is 28.3 Å². The lowest BCUT2D eigenvalue weighted by Crippen LogP contribution is -2.27. The van der Waals surface area contributed by atoms with Crippen molar-refractivity contribution in [2.45, 2.75) is 26.8 Å². The number of carbonyl (C=O) groups excluding carboxylic acids is 1. The fraction of sp³-hybridized carbons (Fsp3) is 0.214. The Kier molecular flexibility index (Phi) is 8.50. The van der Waals surface area contributed by atoms with E-state index in [9.17, 15) is 4.79 Å². The molecule has 1 saturated heterocycles. The minimum atomic E-state index is -0.114. The summed E-state index contributed by atoms with van der Waals surface area (Å²) in [5.74, 6) is 1.41. The van der Waals surface area contributed by atoms with E-state index in [4.69, 9.17) is 33.3 Å². The largest absolute Gasteiger partial charge is 0.493 e. The molecule has 1 aliphatic rings. The maximum absolute atomic E-state index is 13.1. The zero-order valence-electron chi connectivity index (χ0n) is 19.6. The molecule has 0 spiro atoms. The van der Waals surface area contributed by atoms with Gasteiger partial charge in [-0.3, -0.25) is 9.69 Å². The van der Waals surface area contributed by atoms with E-state index in [1.54, 1.807) is 23.1 Å². The predicted octanol–water partition coefficient (Wildman–Crippen LogP) is 7.21. The quantitative estimate of drug-likeness (QED) is 0.168. The van der Waals surface area contributed by atoms with Crippen molar-refractivity contribution in [3.05, 3.63) is 98.9 Å². The Bertz CT molecular complexity index is 1260. The third-order valence-electron chi connectivity index (χ3n) is 5.61. The SMILES string of the molecule is Cc1ccc(OCCCOc2ccc(Cl)cc2C=C2SC(=S)N(Cc3ccccc3)C2=O)cc1C. The van der Waals surface area contributed by atoms with Crippen LogP contribution in [0.4, 0.5) is 0 Å². The first kappa shape index (κ1) is 25.3. The summed E-state index contributed by atoms with van der Waals surface area (Å²) in [7, 11) is 0. The Balaban J connectivity index is 1.38. The molecule has 0 saturated carbocycles. The highest BCUT2D eigenvalue weighted by molar-refractivity contribution is 8.26. The molecular formula is C28H26ClNO3S2. The normalized spacial score (nSPS) is 14.6. The van der Waals surface area contributed by atoms with Gasteiger partial charge in [-0.15, -0.1) is 0 Å². The Hall–Kier alpha value is -2.80. The van der Waals surface area contributed by atoms with Gasteiger partial charge in [0.2, 0.25) is 0 Å². The average Bonchev–Trinajstić information content (AvgIpc) is 3.10. The molecule has 0 unspecified atom stereocenters. The molecule has 4 rings (SSSR count). The lowest BCUT2D eigenvalue weighted by atomic mass is 10.1. The number of benzene rings is 3. The molecule has 0 radical (unpaired) electrons. The van der Waals surface area contributed by atoms with Crippen LogP contribution in [0, 0.1) is 13.8 Å². The summed E-state index contributed by atoms with van der Waals surface area (Å²) >= 11 is 13.0. The van der Waals surface area contributed by atoms with Crippen LogP contribution in [0.2, 0.25) is 5.02 Å². The van der Waals surface area contributed by atoms with Crippen molar-refractivity contribution in [1.29, 1.82) is 0 Å². The van der Waals surface area contributed by atoms with Gasteiger partial charge in [0, 0.05) is 17.0 Å². The van der Waals surface area contributed by atoms with Crippen LogP contribution < -0.4 is 9.47 Å². The number of rotatable bonds is 9. The molecule has 0 N–H and O–H groups in total. The molecular weight excluding hydrogens is 498 g/mol. The van der Waals surface area contributed by atoms with Gasteiger partial charge in [-0.1, -0.05) is 72.0 Å². The van der Waals surface area contributed by atoms with Crippen molar-refractivity contribution in [3.63, 3.8) is 0 Å². The Morgan fingerprint density at radius 3 is 2.51 bits per heavy atom. The molecule has 1 fully saturated rings. The highest BCUT2D eigenvalue weighted by Gasteiger charge is 2.32. The van der Waals surface area contributed by atoms with Crippen LogP contribution in [-0.2, 0) is 11.3 Å². The van der Waals surface area contributed by atoms with Crippen LogP contribution >= 0.6 is 35.6 Å². The average molecular weight is 524 g/mol. The molecule has 0 aliphatic carbocycles. The van der Waals surface area contributed by atoms with E-state index in [0.717, 1.165) is 16.9 Å². The first-order valence-corrected chi connectivity index (χ1v) is 12.9. The van der Waals surface area contributed by atoms with Gasteiger partial charge in [-0.2, -0.15) is 0 Å². The first-order valence-electron chi connectivity index (χ1n) is 11.3. The van der Waals surface area contributed by atoms with Crippen LogP contribution in [0.15, 0.2) is 71.6 Å². The highest BCUT2D eigenvalue weighted by atomic mass is 35.5. The molecule has 1 amide bonds. The van der Waals surface area contributed by atoms with Crippen molar-refractivity contribution in [3.8, 4) is 11.5 Å². The van der Waals surface area contributed by atoms with Crippen LogP contribution in [0.25, 0.3) is 6.08 Å². The van der Waals surface area contributed by atoms with Crippen molar-refractivity contribution in [1.82, 2.24) is 4.90 Å². The van der Waals surface area contributed by atoms with E-state index in [1.165, 1.54) is 22.9 Å². The molecule has 1 heterocycles. The summed E-state index contributed by atoms with van der Waals surface area (Å²) < 4.78 is 12.4. The smallest absolute Gasteiger partial charge is 0.266 e. The number of amides is 1. The highest BCUT2D eigenvalue weighted by Crippen LogP contribution is 2.36. The summed E-state index contributed by atoms with van der Waals surface area (Å²) in [6.07, 6.45) is 2.52. The molecule has 0 aromatic heterocycles. The maximum Gasteiger partial charge on any atom is 0.266 e. The van der Waals surface area contributed by atoms with Gasteiger partial charge in [0.05, 0.1) is 24.7 Å². The van der Waals surface area contributed by atoms with Crippen molar-refractivity contribution in [2.75, 3.05) is 13.2 Å². The number of halogens is 1. The molecule has 1 aliphatic heterocycles. The Morgan fingerprint density at radius 2 is 1.74 bits per heavy atom. The van der Waals surface area contributed by atoms with Gasteiger partial charge in [-0.25, -0.2) is 0 Å². The fourth-order valence-corrected chi connectivity index (χ4v) is 4.97. The minimum Gasteiger partial charge on any atom is -0.493 e. The van der Waals surface area contributed by atoms with Gasteiger partial charge in [0.15, 0.2) is 0 Å². The topological polar surface area (TPSA) is 38.8 Å². The van der Waals surface area contributed by atoms with E-state index in [0.29, 0.717) is 46.2 Å². The summed E-state index contributed by atoms with van der Waals surface area (Å²) in [4.78, 5) is 15.2. The van der Waals surface area contributed by atoms with Crippen molar-refractivity contribution >= 4 is 51.9 Å². The van der Waals surface area contributed by atoms with Crippen LogP contribution in [0.3, 0.4) is 0 Å². The summed E-state index contributed by atoms with van der Waals surface area (Å²) in [5, 5.41) is 0.571. The van der Waals surface area contributed by atoms with E-state index in [-0.39, 0.29) is 5.91 Å². The number of aryl methyl sites for hydroxylation is 2. The minimum absolute atomic E-state index is 0.114. The van der Waals surface area contributed by atoms with Gasteiger partial charge < -0.3 is 9.47 Å². The third kappa shape index (κ3) is 6.66. The van der Waals surface area contributed by atoms with Crippen LogP contribution in [0.5, 0.6) is 11.5 Å². The fourth-order valence-electron chi connectivity index (χ4n) is 3.54. The van der Waals surface area contributed by atoms with Gasteiger partial charge in [-0.05, 0) is 66.9 Å². The standard InChI is InChI=1S/C28H26ClNO3S2/c1-19-9-11-24(15-20(19)2)32-13-6-14-33-25-12-10-23(29)16-22(25)17-26-27(31)30(28(34)35-26)18-21-7-4-3-5-8-21/h3-5,7-12,15-17H,6,13-14,18H2,1-2H3. The summed E-state index contributed by atoms with van der Waals surface area (Å²) in [5.41, 5.74) is 4.22. The molecule has 0 atom stereocenters. The molecule has 180 valence electrons.